The minimum absolute atomic E-state index is 0.332. The lowest BCUT2D eigenvalue weighted by molar-refractivity contribution is 0.158. The lowest BCUT2D eigenvalue weighted by atomic mass is 10.0. The molecule has 4 nitrogen and oxygen atoms in total. The Morgan fingerprint density at radius 3 is 2.81 bits per heavy atom. The lowest BCUT2D eigenvalue weighted by Crippen LogP contribution is -2.15. The molecule has 1 aliphatic rings. The van der Waals surface area contributed by atoms with Crippen molar-refractivity contribution in [2.24, 2.45) is 5.73 Å². The second kappa shape index (κ2) is 4.43. The molecule has 0 aliphatic heterocycles. The van der Waals surface area contributed by atoms with Crippen LogP contribution in [0.5, 0.6) is 0 Å². The first kappa shape index (κ1) is 10.8. The Kier molecular flexibility index (Phi) is 2.99. The van der Waals surface area contributed by atoms with Crippen LogP contribution in [0.4, 0.5) is 10.5 Å². The molecule has 4 N–H and O–H groups in total. The molecule has 1 aromatic rings. The number of primary amides is 1. The summed E-state index contributed by atoms with van der Waals surface area (Å²) in [4.78, 5) is 10.5. The average Bonchev–Trinajstić information content (AvgIpc) is 3.03. The Morgan fingerprint density at radius 1 is 1.44 bits per heavy atom. The van der Waals surface area contributed by atoms with Gasteiger partial charge in [0.2, 0.25) is 0 Å². The van der Waals surface area contributed by atoms with Gasteiger partial charge in [0.1, 0.15) is 0 Å². The second-order valence-corrected chi connectivity index (χ2v) is 4.15. The van der Waals surface area contributed by atoms with Gasteiger partial charge in [-0.2, -0.15) is 0 Å². The maximum absolute atomic E-state index is 10.5. The number of nitrogens with two attached hydrogens (primary N) is 2. The summed E-state index contributed by atoms with van der Waals surface area (Å²) in [6, 6.07) is 5.91. The molecule has 86 valence electrons. The maximum Gasteiger partial charge on any atom is 0.404 e. The first-order valence-corrected chi connectivity index (χ1v) is 5.47. The molecule has 0 radical (unpaired) electrons. The third-order valence-electron chi connectivity index (χ3n) is 2.80. The van der Waals surface area contributed by atoms with Crippen LogP contribution in [0.15, 0.2) is 18.2 Å². The van der Waals surface area contributed by atoms with Crippen LogP contribution in [0.3, 0.4) is 0 Å². The Labute approximate surface area is 94.6 Å². The van der Waals surface area contributed by atoms with Crippen LogP contribution < -0.4 is 11.5 Å². The van der Waals surface area contributed by atoms with Crippen molar-refractivity contribution in [3.05, 3.63) is 29.3 Å². The summed E-state index contributed by atoms with van der Waals surface area (Å²) in [6.07, 6.45) is 2.44. The van der Waals surface area contributed by atoms with Crippen molar-refractivity contribution in [3.8, 4) is 0 Å². The highest BCUT2D eigenvalue weighted by Crippen LogP contribution is 2.42. The number of carbonyl (C=O) groups excluding carboxylic acids is 1. The van der Waals surface area contributed by atoms with E-state index in [0.717, 1.165) is 5.69 Å². The van der Waals surface area contributed by atoms with Gasteiger partial charge in [-0.1, -0.05) is 6.07 Å². The van der Waals surface area contributed by atoms with Crippen molar-refractivity contribution in [2.75, 3.05) is 12.3 Å². The highest BCUT2D eigenvalue weighted by Gasteiger charge is 2.25. The van der Waals surface area contributed by atoms with Gasteiger partial charge in [-0.05, 0) is 42.0 Å². The van der Waals surface area contributed by atoms with E-state index in [0.29, 0.717) is 18.9 Å². The molecule has 0 saturated heterocycles. The molecule has 16 heavy (non-hydrogen) atoms. The number of carbonyl (C=O) groups is 1. The van der Waals surface area contributed by atoms with Crippen molar-refractivity contribution in [1.82, 2.24) is 0 Å². The zero-order valence-electron chi connectivity index (χ0n) is 9.11. The topological polar surface area (TPSA) is 78.3 Å². The van der Waals surface area contributed by atoms with Gasteiger partial charge in [0.05, 0.1) is 6.61 Å². The minimum Gasteiger partial charge on any atom is -0.449 e. The molecule has 0 unspecified atom stereocenters. The number of hydrogen-bond acceptors (Lipinski definition) is 3. The Bertz CT molecular complexity index is 400. The van der Waals surface area contributed by atoms with Crippen LogP contribution in [0.1, 0.15) is 29.9 Å². The van der Waals surface area contributed by atoms with Gasteiger partial charge in [0.25, 0.3) is 0 Å². The lowest BCUT2D eigenvalue weighted by Gasteiger charge is -2.09. The Hall–Kier alpha value is -1.71. The first-order chi connectivity index (χ1) is 7.66. The zero-order chi connectivity index (χ0) is 11.5. The fourth-order valence-corrected chi connectivity index (χ4v) is 1.88. The van der Waals surface area contributed by atoms with Gasteiger partial charge in [0, 0.05) is 12.1 Å². The molecule has 0 atom stereocenters. The van der Waals surface area contributed by atoms with E-state index < -0.39 is 6.09 Å². The normalized spacial score (nSPS) is 14.8. The number of ether oxygens (including phenoxy) is 1. The summed E-state index contributed by atoms with van der Waals surface area (Å²) in [6.45, 7) is 0.332. The molecule has 1 saturated carbocycles. The van der Waals surface area contributed by atoms with E-state index >= 15 is 0 Å². The molecule has 0 bridgehead atoms. The molecule has 1 aromatic carbocycles. The van der Waals surface area contributed by atoms with Gasteiger partial charge < -0.3 is 16.2 Å². The molecule has 0 heterocycles. The largest absolute Gasteiger partial charge is 0.449 e. The number of benzene rings is 1. The van der Waals surface area contributed by atoms with Crippen LogP contribution in [0.25, 0.3) is 0 Å². The van der Waals surface area contributed by atoms with Crippen molar-refractivity contribution in [3.63, 3.8) is 0 Å². The van der Waals surface area contributed by atoms with Crippen LogP contribution in [-0.2, 0) is 11.2 Å². The number of hydrogen-bond donors (Lipinski definition) is 2. The minimum atomic E-state index is -0.719. The highest BCUT2D eigenvalue weighted by atomic mass is 16.5. The summed E-state index contributed by atoms with van der Waals surface area (Å²) in [5.74, 6) is 0.645. The van der Waals surface area contributed by atoms with Crippen LogP contribution in [-0.4, -0.2) is 12.7 Å². The predicted octanol–water partition coefficient (Wildman–Crippen LogP) is 1.78. The van der Waals surface area contributed by atoms with E-state index in [1.54, 1.807) is 0 Å². The van der Waals surface area contributed by atoms with E-state index in [1.807, 2.05) is 18.2 Å². The van der Waals surface area contributed by atoms with E-state index in [4.69, 9.17) is 16.2 Å². The maximum atomic E-state index is 10.5. The number of amides is 1. The average molecular weight is 220 g/mol. The van der Waals surface area contributed by atoms with Crippen LogP contribution >= 0.6 is 0 Å². The van der Waals surface area contributed by atoms with Crippen LogP contribution in [0, 0.1) is 0 Å². The molecule has 1 fully saturated rings. The third kappa shape index (κ3) is 2.66. The van der Waals surface area contributed by atoms with Gasteiger partial charge in [-0.25, -0.2) is 4.79 Å². The molecule has 1 amide bonds. The molecule has 2 rings (SSSR count). The van der Waals surface area contributed by atoms with E-state index in [9.17, 15) is 4.79 Å². The Balaban J connectivity index is 2.04. The first-order valence-electron chi connectivity index (χ1n) is 5.47. The van der Waals surface area contributed by atoms with Gasteiger partial charge in [-0.15, -0.1) is 0 Å². The van der Waals surface area contributed by atoms with Gasteiger partial charge in [0.15, 0.2) is 0 Å². The fourth-order valence-electron chi connectivity index (χ4n) is 1.88. The summed E-state index contributed by atoms with van der Waals surface area (Å²) in [5.41, 5.74) is 14.0. The van der Waals surface area contributed by atoms with E-state index in [2.05, 4.69) is 0 Å². The van der Waals surface area contributed by atoms with E-state index in [1.165, 1.54) is 24.0 Å². The number of rotatable bonds is 4. The monoisotopic (exact) mass is 220 g/mol. The van der Waals surface area contributed by atoms with Crippen LogP contribution in [0.2, 0.25) is 0 Å². The smallest absolute Gasteiger partial charge is 0.404 e. The van der Waals surface area contributed by atoms with Gasteiger partial charge >= 0.3 is 6.09 Å². The molecule has 1 aliphatic carbocycles. The standard InChI is InChI=1S/C12H16N2O2/c13-10-4-3-9(5-6-16-12(14)15)11(7-10)8-1-2-8/h3-4,7-8H,1-2,5-6,13H2,(H2,14,15). The van der Waals surface area contributed by atoms with Crippen molar-refractivity contribution in [1.29, 1.82) is 0 Å². The summed E-state index contributed by atoms with van der Waals surface area (Å²) < 4.78 is 4.74. The SMILES string of the molecule is NC(=O)OCCc1ccc(N)cc1C1CC1. The van der Waals surface area contributed by atoms with Gasteiger partial charge in [-0.3, -0.25) is 0 Å². The Morgan fingerprint density at radius 2 is 2.19 bits per heavy atom. The van der Waals surface area contributed by atoms with Crippen molar-refractivity contribution < 1.29 is 9.53 Å². The van der Waals surface area contributed by atoms with Crippen molar-refractivity contribution >= 4 is 11.8 Å². The summed E-state index contributed by atoms with van der Waals surface area (Å²) in [5, 5.41) is 0. The van der Waals surface area contributed by atoms with E-state index in [-0.39, 0.29) is 0 Å². The second-order valence-electron chi connectivity index (χ2n) is 4.15. The quantitative estimate of drug-likeness (QED) is 0.759. The fraction of sp³-hybridized carbons (Fsp3) is 0.417. The predicted molar refractivity (Wildman–Crippen MR) is 62.1 cm³/mol. The summed E-state index contributed by atoms with van der Waals surface area (Å²) >= 11 is 0. The number of nitrogen functional groups attached to an aromatic ring is 1. The molecule has 4 heteroatoms. The molecular weight excluding hydrogens is 204 g/mol. The zero-order valence-corrected chi connectivity index (χ0v) is 9.11. The highest BCUT2D eigenvalue weighted by molar-refractivity contribution is 5.64. The van der Waals surface area contributed by atoms with Crippen molar-refractivity contribution in [2.45, 2.75) is 25.2 Å². The number of anilines is 1. The molecule has 0 aromatic heterocycles. The third-order valence-corrected chi connectivity index (χ3v) is 2.80. The summed E-state index contributed by atoms with van der Waals surface area (Å²) in [7, 11) is 0. The molecular formula is C12H16N2O2. The molecule has 0 spiro atoms.